The monoisotopic (exact) mass is 194 g/mol. The fourth-order valence-corrected chi connectivity index (χ4v) is 0.489. The van der Waals surface area contributed by atoms with E-state index in [2.05, 4.69) is 12.3 Å². The summed E-state index contributed by atoms with van der Waals surface area (Å²) in [4.78, 5) is 0. The lowest BCUT2D eigenvalue weighted by Crippen LogP contribution is -1.90. The fourth-order valence-electron chi connectivity index (χ4n) is 0.489. The van der Waals surface area contributed by atoms with Crippen LogP contribution in [0.4, 0.5) is 0 Å². The first-order valence-corrected chi connectivity index (χ1v) is 4.57. The molecule has 1 N–H and O–H groups in total. The molecule has 0 saturated carbocycles. The number of rotatable bonds is 0. The third-order valence-electron chi connectivity index (χ3n) is 1.12. The Balaban J connectivity index is 0. The van der Waals surface area contributed by atoms with E-state index in [0.717, 1.165) is 13.0 Å². The van der Waals surface area contributed by atoms with Gasteiger partial charge in [0.1, 0.15) is 6.61 Å². The molecule has 1 aliphatic heterocycles. The third-order valence-corrected chi connectivity index (χ3v) is 1.12. The number of allylic oxidation sites excluding steroid dienone is 1. The molecule has 2 heteroatoms. The highest BCUT2D eigenvalue weighted by atomic mass is 16.5. The predicted octanol–water partition coefficient (Wildman–Crippen LogP) is 1.95. The number of aliphatic hydroxyl groups is 1. The van der Waals surface area contributed by atoms with E-state index in [1.165, 1.54) is 12.8 Å². The van der Waals surface area contributed by atoms with Gasteiger partial charge in [0.25, 0.3) is 0 Å². The van der Waals surface area contributed by atoms with Gasteiger partial charge in [0.2, 0.25) is 0 Å². The Morgan fingerprint density at radius 1 is 1.43 bits per heavy atom. The number of aliphatic hydroxyl groups excluding tert-OH is 1. The number of ether oxygens (including phenoxy) is 1. The fraction of sp³-hybridized carbons (Fsp3) is 0.500. The van der Waals surface area contributed by atoms with Crippen LogP contribution in [-0.4, -0.2) is 18.3 Å². The van der Waals surface area contributed by atoms with Gasteiger partial charge in [0.15, 0.2) is 0 Å². The molecule has 0 fully saturated rings. The number of terminal acetylenes is 2. The van der Waals surface area contributed by atoms with Crippen molar-refractivity contribution in [2.24, 2.45) is 0 Å². The van der Waals surface area contributed by atoms with Crippen LogP contribution in [0.3, 0.4) is 0 Å². The highest BCUT2D eigenvalue weighted by Gasteiger charge is 1.86. The van der Waals surface area contributed by atoms with Gasteiger partial charge in [-0.3, -0.25) is 0 Å². The summed E-state index contributed by atoms with van der Waals surface area (Å²) in [6.45, 7) is 2.70. The molecule has 1 aliphatic rings. The second kappa shape index (κ2) is 17.6. The Bertz CT molecular complexity index is 171. The zero-order valence-electron chi connectivity index (χ0n) is 8.70. The van der Waals surface area contributed by atoms with Gasteiger partial charge in [-0.1, -0.05) is 12.8 Å². The van der Waals surface area contributed by atoms with Gasteiger partial charge in [0, 0.05) is 6.42 Å². The maximum absolute atomic E-state index is 7.64. The van der Waals surface area contributed by atoms with Crippen LogP contribution < -0.4 is 0 Å². The first-order chi connectivity index (χ1) is 6.83. The van der Waals surface area contributed by atoms with E-state index >= 15 is 0 Å². The van der Waals surface area contributed by atoms with Crippen LogP contribution in [0.25, 0.3) is 0 Å². The molecule has 14 heavy (non-hydrogen) atoms. The van der Waals surface area contributed by atoms with Crippen LogP contribution in [-0.2, 0) is 4.74 Å². The first kappa shape index (κ1) is 15.1. The summed E-state index contributed by atoms with van der Waals surface area (Å²) in [5.74, 6) is 4.42. The third kappa shape index (κ3) is 22.4. The molecule has 0 aromatic heterocycles. The van der Waals surface area contributed by atoms with Crippen molar-refractivity contribution in [2.75, 3.05) is 13.2 Å². The molecule has 1 rings (SSSR count). The maximum Gasteiger partial charge on any atom is 0.103 e. The summed E-state index contributed by atoms with van der Waals surface area (Å²) in [5, 5.41) is 7.64. The van der Waals surface area contributed by atoms with Gasteiger partial charge in [0.05, 0.1) is 12.9 Å². The first-order valence-electron chi connectivity index (χ1n) is 4.57. The quantitative estimate of drug-likeness (QED) is 0.597. The van der Waals surface area contributed by atoms with Gasteiger partial charge < -0.3 is 9.84 Å². The van der Waals surface area contributed by atoms with Crippen molar-refractivity contribution in [2.45, 2.75) is 26.2 Å². The van der Waals surface area contributed by atoms with Crippen molar-refractivity contribution < 1.29 is 9.84 Å². The Labute approximate surface area is 87.0 Å². The molecule has 2 nitrogen and oxygen atoms in total. The van der Waals surface area contributed by atoms with E-state index in [-0.39, 0.29) is 6.61 Å². The van der Waals surface area contributed by atoms with Gasteiger partial charge in [-0.2, -0.15) is 0 Å². The normalized spacial score (nSPS) is 11.4. The Hall–Kier alpha value is -1.38. The zero-order chi connectivity index (χ0) is 11.1. The summed E-state index contributed by atoms with van der Waals surface area (Å²) >= 11 is 0. The minimum absolute atomic E-state index is 0.153. The Kier molecular flexibility index (Phi) is 19.0. The highest BCUT2D eigenvalue weighted by molar-refractivity contribution is 4.81. The standard InChI is InChI=1S/C5H8O.C4H6.C3H4O/c1-2-4-6-5-3-1;1-3-4-2;1-2-3-4/h2,4H,1,3,5H2;1H,4H2,2H3;1,4H,3H2. The molecule has 78 valence electrons. The van der Waals surface area contributed by atoms with Gasteiger partial charge >= 0.3 is 0 Å². The van der Waals surface area contributed by atoms with Crippen LogP contribution in [0.2, 0.25) is 0 Å². The van der Waals surface area contributed by atoms with Crippen LogP contribution >= 0.6 is 0 Å². The lowest BCUT2D eigenvalue weighted by atomic mass is 10.3. The molecule has 0 amide bonds. The molecule has 0 bridgehead atoms. The summed E-state index contributed by atoms with van der Waals surface area (Å²) in [5.41, 5.74) is 0. The summed E-state index contributed by atoms with van der Waals surface area (Å²) in [6, 6.07) is 0. The Morgan fingerprint density at radius 2 is 2.00 bits per heavy atom. The van der Waals surface area contributed by atoms with Crippen molar-refractivity contribution in [1.29, 1.82) is 0 Å². The van der Waals surface area contributed by atoms with E-state index in [4.69, 9.17) is 16.3 Å². The van der Waals surface area contributed by atoms with E-state index in [0.29, 0.717) is 0 Å². The zero-order valence-corrected chi connectivity index (χ0v) is 8.70. The van der Waals surface area contributed by atoms with Crippen LogP contribution in [0.5, 0.6) is 0 Å². The van der Waals surface area contributed by atoms with Crippen molar-refractivity contribution >= 4 is 0 Å². The molecule has 0 saturated heterocycles. The van der Waals surface area contributed by atoms with Crippen LogP contribution in [0.1, 0.15) is 26.2 Å². The number of hydrogen-bond acceptors (Lipinski definition) is 2. The summed E-state index contributed by atoms with van der Waals surface area (Å²) in [6.07, 6.45) is 16.4. The highest BCUT2D eigenvalue weighted by Crippen LogP contribution is 1.97. The molecular weight excluding hydrogens is 176 g/mol. The molecule has 0 unspecified atom stereocenters. The molecular formula is C12H18O2. The molecule has 0 aliphatic carbocycles. The predicted molar refractivity (Wildman–Crippen MR) is 59.4 cm³/mol. The van der Waals surface area contributed by atoms with Gasteiger partial charge in [-0.05, 0) is 18.9 Å². The minimum atomic E-state index is -0.153. The largest absolute Gasteiger partial charge is 0.502 e. The van der Waals surface area contributed by atoms with E-state index in [1.807, 2.05) is 18.9 Å². The van der Waals surface area contributed by atoms with Crippen molar-refractivity contribution in [3.05, 3.63) is 12.3 Å². The molecule has 0 spiro atoms. The molecule has 0 aromatic rings. The lowest BCUT2D eigenvalue weighted by Gasteiger charge is -2.01. The average molecular weight is 194 g/mol. The number of hydrogen-bond donors (Lipinski definition) is 1. The smallest absolute Gasteiger partial charge is 0.103 e. The van der Waals surface area contributed by atoms with Crippen molar-refractivity contribution in [1.82, 2.24) is 0 Å². The van der Waals surface area contributed by atoms with Gasteiger partial charge in [-0.25, -0.2) is 0 Å². The second-order valence-electron chi connectivity index (χ2n) is 2.30. The van der Waals surface area contributed by atoms with Gasteiger partial charge in [-0.15, -0.1) is 18.8 Å². The van der Waals surface area contributed by atoms with Crippen LogP contribution in [0.15, 0.2) is 12.3 Å². The molecule has 0 aromatic carbocycles. The maximum atomic E-state index is 7.64. The molecule has 0 radical (unpaired) electrons. The molecule has 1 heterocycles. The lowest BCUT2D eigenvalue weighted by molar-refractivity contribution is 0.231. The van der Waals surface area contributed by atoms with Crippen molar-refractivity contribution in [3.8, 4) is 24.7 Å². The van der Waals surface area contributed by atoms with E-state index in [9.17, 15) is 0 Å². The minimum Gasteiger partial charge on any atom is -0.502 e. The second-order valence-corrected chi connectivity index (χ2v) is 2.30. The average Bonchev–Trinajstić information content (AvgIpc) is 2.32. The molecule has 0 atom stereocenters. The SMILES string of the molecule is C#CCC.C#CCO.C1=COCCC1. The van der Waals surface area contributed by atoms with E-state index < -0.39 is 0 Å². The Morgan fingerprint density at radius 3 is 2.07 bits per heavy atom. The summed E-state index contributed by atoms with van der Waals surface area (Å²) in [7, 11) is 0. The van der Waals surface area contributed by atoms with Crippen LogP contribution in [0, 0.1) is 24.7 Å². The van der Waals surface area contributed by atoms with Crippen molar-refractivity contribution in [3.63, 3.8) is 0 Å². The summed E-state index contributed by atoms with van der Waals surface area (Å²) < 4.78 is 4.89. The topological polar surface area (TPSA) is 29.5 Å². The van der Waals surface area contributed by atoms with E-state index in [1.54, 1.807) is 6.26 Å².